The summed E-state index contributed by atoms with van der Waals surface area (Å²) in [4.78, 5) is 14.2. The predicted molar refractivity (Wildman–Crippen MR) is 124 cm³/mol. The van der Waals surface area contributed by atoms with Gasteiger partial charge in [0.1, 0.15) is 11.4 Å². The van der Waals surface area contributed by atoms with Gasteiger partial charge >= 0.3 is 6.09 Å². The molecule has 30 heavy (non-hydrogen) atoms. The van der Waals surface area contributed by atoms with Crippen LogP contribution in [0, 0.1) is 0 Å². The van der Waals surface area contributed by atoms with E-state index in [1.807, 2.05) is 81.5 Å². The zero-order valence-corrected chi connectivity index (χ0v) is 18.2. The van der Waals surface area contributed by atoms with Gasteiger partial charge in [0.05, 0.1) is 12.8 Å². The minimum atomic E-state index is -0.589. The monoisotopic (exact) mass is 405 g/mol. The fourth-order valence-electron chi connectivity index (χ4n) is 2.85. The smallest absolute Gasteiger partial charge is 0.418 e. The summed E-state index contributed by atoms with van der Waals surface area (Å²) in [5, 5.41) is 0. The first-order valence-electron chi connectivity index (χ1n) is 10.0. The van der Waals surface area contributed by atoms with Crippen molar-refractivity contribution < 1.29 is 14.3 Å². The largest absolute Gasteiger partial charge is 0.497 e. The van der Waals surface area contributed by atoms with E-state index in [2.05, 4.69) is 24.8 Å². The van der Waals surface area contributed by atoms with Crippen molar-refractivity contribution in [1.82, 2.24) is 0 Å². The van der Waals surface area contributed by atoms with Crippen LogP contribution in [0.1, 0.15) is 38.7 Å². The van der Waals surface area contributed by atoms with Crippen molar-refractivity contribution in [2.24, 2.45) is 0 Å². The Morgan fingerprint density at radius 3 is 2.30 bits per heavy atom. The van der Waals surface area contributed by atoms with E-state index in [1.165, 1.54) is 10.5 Å². The summed E-state index contributed by atoms with van der Waals surface area (Å²) < 4.78 is 10.8. The summed E-state index contributed by atoms with van der Waals surface area (Å²) in [5.41, 5.74) is 1.33. The first-order valence-corrected chi connectivity index (χ1v) is 10.0. The third-order valence-electron chi connectivity index (χ3n) is 4.28. The Hall–Kier alpha value is -3.27. The summed E-state index contributed by atoms with van der Waals surface area (Å²) in [7, 11) is 1.61. The average molecular weight is 406 g/mol. The number of methoxy groups -OCH3 is 1. The second kappa shape index (κ2) is 11.1. The van der Waals surface area contributed by atoms with E-state index in [-0.39, 0.29) is 5.92 Å². The molecule has 0 unspecified atom stereocenters. The highest BCUT2D eigenvalue weighted by Gasteiger charge is 2.22. The third kappa shape index (κ3) is 7.28. The van der Waals surface area contributed by atoms with Crippen molar-refractivity contribution in [3.8, 4) is 5.75 Å². The fourth-order valence-corrected chi connectivity index (χ4v) is 2.85. The first kappa shape index (κ1) is 23.0. The fraction of sp³-hybridized carbons (Fsp3) is 0.269. The van der Waals surface area contributed by atoms with E-state index in [9.17, 15) is 4.79 Å². The van der Waals surface area contributed by atoms with Crippen LogP contribution in [-0.4, -0.2) is 18.8 Å². The van der Waals surface area contributed by atoms with Gasteiger partial charge in [0.2, 0.25) is 0 Å². The number of hydrogen-bond acceptors (Lipinski definition) is 3. The maximum absolute atomic E-state index is 12.7. The van der Waals surface area contributed by atoms with E-state index >= 15 is 0 Å². The second-order valence-electron chi connectivity index (χ2n) is 7.82. The van der Waals surface area contributed by atoms with Gasteiger partial charge in [-0.2, -0.15) is 0 Å². The molecule has 0 N–H and O–H groups in total. The van der Waals surface area contributed by atoms with Crippen molar-refractivity contribution in [3.63, 3.8) is 0 Å². The van der Waals surface area contributed by atoms with Crippen LogP contribution in [0.2, 0.25) is 0 Å². The molecule has 0 aliphatic heterocycles. The Labute approximate surface area is 180 Å². The van der Waals surface area contributed by atoms with Gasteiger partial charge in [0, 0.05) is 12.1 Å². The number of rotatable bonds is 8. The minimum Gasteiger partial charge on any atom is -0.497 e. The lowest BCUT2D eigenvalue weighted by Crippen LogP contribution is -2.33. The molecular formula is C26H31NO3. The first-order chi connectivity index (χ1) is 14.3. The number of carbonyl (C=O) groups is 1. The van der Waals surface area contributed by atoms with Crippen LogP contribution < -0.4 is 9.64 Å². The Kier molecular flexibility index (Phi) is 8.48. The highest BCUT2D eigenvalue weighted by Crippen LogP contribution is 2.23. The van der Waals surface area contributed by atoms with Gasteiger partial charge in [0.15, 0.2) is 0 Å². The molecule has 0 saturated carbocycles. The van der Waals surface area contributed by atoms with Crippen LogP contribution in [0.25, 0.3) is 0 Å². The van der Waals surface area contributed by atoms with Gasteiger partial charge in [-0.3, -0.25) is 4.90 Å². The number of amides is 1. The third-order valence-corrected chi connectivity index (χ3v) is 4.28. The molecular weight excluding hydrogens is 374 g/mol. The van der Waals surface area contributed by atoms with Crippen LogP contribution in [0.3, 0.4) is 0 Å². The molecule has 0 aliphatic carbocycles. The topological polar surface area (TPSA) is 38.8 Å². The Morgan fingerprint density at radius 1 is 1.07 bits per heavy atom. The lowest BCUT2D eigenvalue weighted by Gasteiger charge is -2.25. The Morgan fingerprint density at radius 2 is 1.73 bits per heavy atom. The Balaban J connectivity index is 2.22. The van der Waals surface area contributed by atoms with Gasteiger partial charge in [-0.1, -0.05) is 48.6 Å². The van der Waals surface area contributed by atoms with E-state index in [1.54, 1.807) is 13.3 Å². The molecule has 0 aromatic heterocycles. The molecule has 0 heterocycles. The maximum Gasteiger partial charge on any atom is 0.418 e. The minimum absolute atomic E-state index is 0.226. The van der Waals surface area contributed by atoms with Crippen LogP contribution in [0.15, 0.2) is 91.7 Å². The molecule has 2 aromatic rings. The predicted octanol–water partition coefficient (Wildman–Crippen LogP) is 6.87. The van der Waals surface area contributed by atoms with Crippen molar-refractivity contribution in [3.05, 3.63) is 97.2 Å². The molecule has 4 nitrogen and oxygen atoms in total. The molecule has 2 aromatic carbocycles. The molecule has 0 fully saturated rings. The van der Waals surface area contributed by atoms with E-state index < -0.39 is 11.7 Å². The molecule has 4 heteroatoms. The number of allylic oxidation sites excluding steroid dienone is 4. The zero-order chi connectivity index (χ0) is 22.0. The highest BCUT2D eigenvalue weighted by molar-refractivity contribution is 5.90. The summed E-state index contributed by atoms with van der Waals surface area (Å²) in [5.74, 6) is 0.950. The van der Waals surface area contributed by atoms with Gasteiger partial charge < -0.3 is 9.47 Å². The zero-order valence-electron chi connectivity index (χ0n) is 18.2. The van der Waals surface area contributed by atoms with E-state index in [4.69, 9.17) is 9.47 Å². The van der Waals surface area contributed by atoms with Crippen molar-refractivity contribution in [2.75, 3.05) is 12.0 Å². The molecule has 0 bridgehead atoms. The molecule has 1 amide bonds. The number of carbonyl (C=O) groups excluding carboxylic acids is 1. The van der Waals surface area contributed by atoms with E-state index in [0.29, 0.717) is 5.69 Å². The van der Waals surface area contributed by atoms with E-state index in [0.717, 1.165) is 12.2 Å². The summed E-state index contributed by atoms with van der Waals surface area (Å²) in [6.45, 7) is 9.40. The van der Waals surface area contributed by atoms with Crippen LogP contribution in [0.4, 0.5) is 10.5 Å². The molecule has 0 saturated heterocycles. The molecule has 0 spiro atoms. The van der Waals surface area contributed by atoms with Crippen LogP contribution >= 0.6 is 0 Å². The quantitative estimate of drug-likeness (QED) is 0.355. The number of benzene rings is 2. The SMILES string of the molecule is C=CC[C@H](/C=C/C=C\N(C(=O)OC(C)(C)C)c1ccc(OC)cc1)c1ccccc1. The summed E-state index contributed by atoms with van der Waals surface area (Å²) in [6, 6.07) is 17.5. The van der Waals surface area contributed by atoms with Crippen molar-refractivity contribution in [1.29, 1.82) is 0 Å². The van der Waals surface area contributed by atoms with Crippen LogP contribution in [-0.2, 0) is 4.74 Å². The van der Waals surface area contributed by atoms with Gasteiger partial charge in [-0.05, 0) is 63.1 Å². The average Bonchev–Trinajstić information content (AvgIpc) is 2.72. The molecule has 1 atom stereocenters. The van der Waals surface area contributed by atoms with Gasteiger partial charge in [-0.15, -0.1) is 6.58 Å². The van der Waals surface area contributed by atoms with Gasteiger partial charge in [0.25, 0.3) is 0 Å². The van der Waals surface area contributed by atoms with Crippen molar-refractivity contribution >= 4 is 11.8 Å². The molecule has 0 radical (unpaired) electrons. The lowest BCUT2D eigenvalue weighted by molar-refractivity contribution is 0.0596. The number of ether oxygens (including phenoxy) is 2. The van der Waals surface area contributed by atoms with Crippen LogP contribution in [0.5, 0.6) is 5.75 Å². The number of nitrogens with zero attached hydrogens (tertiary/aromatic N) is 1. The standard InChI is InChI=1S/C26H31NO3/c1-6-12-21(22-13-8-7-9-14-22)15-10-11-20-27(25(28)30-26(2,3)4)23-16-18-24(29-5)19-17-23/h6-11,13-21H,1,12H2,2-5H3/b15-10+,20-11-/t21-/m1/s1. The molecule has 158 valence electrons. The number of hydrogen-bond donors (Lipinski definition) is 0. The second-order valence-corrected chi connectivity index (χ2v) is 7.82. The normalized spacial score (nSPS) is 12.7. The maximum atomic E-state index is 12.7. The Bertz CT molecular complexity index is 861. The number of anilines is 1. The summed E-state index contributed by atoms with van der Waals surface area (Å²) in [6.07, 6.45) is 9.91. The van der Waals surface area contributed by atoms with Crippen molar-refractivity contribution in [2.45, 2.75) is 38.7 Å². The summed E-state index contributed by atoms with van der Waals surface area (Å²) >= 11 is 0. The lowest BCUT2D eigenvalue weighted by atomic mass is 9.95. The highest BCUT2D eigenvalue weighted by atomic mass is 16.6. The van der Waals surface area contributed by atoms with Gasteiger partial charge in [-0.25, -0.2) is 4.79 Å². The molecule has 0 aliphatic rings. The molecule has 2 rings (SSSR count).